The highest BCUT2D eigenvalue weighted by molar-refractivity contribution is 6.30. The molecule has 2 saturated heterocycles. The predicted molar refractivity (Wildman–Crippen MR) is 123 cm³/mol. The van der Waals surface area contributed by atoms with Crippen LogP contribution in [0.1, 0.15) is 19.3 Å². The van der Waals surface area contributed by atoms with Gasteiger partial charge in [-0.05, 0) is 37.9 Å². The van der Waals surface area contributed by atoms with Crippen LogP contribution in [-0.2, 0) is 0 Å². The van der Waals surface area contributed by atoms with E-state index in [0.29, 0.717) is 50.5 Å². The molecule has 2 aliphatic heterocycles. The Balaban J connectivity index is 1.53. The molecule has 2 aromatic rings. The first-order valence-corrected chi connectivity index (χ1v) is 11.5. The molecule has 0 bridgehead atoms. The molecule has 14 heteroatoms. The van der Waals surface area contributed by atoms with Crippen molar-refractivity contribution in [3.63, 3.8) is 0 Å². The smallest absolute Gasteiger partial charge is 0.407 e. The largest absolute Gasteiger partial charge is 0.465 e. The molecule has 12 nitrogen and oxygen atoms in total. The molecule has 34 heavy (non-hydrogen) atoms. The van der Waals surface area contributed by atoms with Crippen LogP contribution in [0.15, 0.2) is 11.3 Å². The Morgan fingerprint density at radius 2 is 2.12 bits per heavy atom. The van der Waals surface area contributed by atoms with E-state index in [0.717, 1.165) is 32.4 Å². The summed E-state index contributed by atoms with van der Waals surface area (Å²) in [5, 5.41) is 12.9. The number of ether oxygens (including phenoxy) is 1. The van der Waals surface area contributed by atoms with E-state index in [1.54, 1.807) is 0 Å². The minimum Gasteiger partial charge on any atom is -0.465 e. The zero-order chi connectivity index (χ0) is 24.1. The molecule has 0 aliphatic carbocycles. The SMILES string of the molecule is [N-]=[N+]=NCCCN1CCCC1COc1nc(N2CCN(C(=O)O)CC2)c2cnc(Cl)c(F)c2n1. The van der Waals surface area contributed by atoms with Gasteiger partial charge in [-0.15, -0.1) is 0 Å². The van der Waals surface area contributed by atoms with Crippen LogP contribution in [0, 0.1) is 5.82 Å². The average Bonchev–Trinajstić information content (AvgIpc) is 3.30. The highest BCUT2D eigenvalue weighted by atomic mass is 35.5. The molecule has 182 valence electrons. The zero-order valence-corrected chi connectivity index (χ0v) is 19.2. The van der Waals surface area contributed by atoms with Gasteiger partial charge < -0.3 is 19.6 Å². The van der Waals surface area contributed by atoms with Crippen LogP contribution in [-0.4, -0.2) is 94.4 Å². The van der Waals surface area contributed by atoms with E-state index in [2.05, 4.69) is 29.9 Å². The maximum absolute atomic E-state index is 14.8. The Morgan fingerprint density at radius 3 is 2.85 bits per heavy atom. The van der Waals surface area contributed by atoms with Gasteiger partial charge in [-0.1, -0.05) is 16.7 Å². The number of carbonyl (C=O) groups is 1. The fraction of sp³-hybridized carbons (Fsp3) is 0.600. The number of anilines is 1. The minimum absolute atomic E-state index is 0.0123. The number of hydrogen-bond acceptors (Lipinski definition) is 8. The molecule has 4 heterocycles. The highest BCUT2D eigenvalue weighted by Gasteiger charge is 2.27. The number of halogens is 2. The number of azide groups is 1. The molecule has 4 rings (SSSR count). The van der Waals surface area contributed by atoms with Crippen molar-refractivity contribution in [1.29, 1.82) is 0 Å². The van der Waals surface area contributed by atoms with Gasteiger partial charge in [0.2, 0.25) is 0 Å². The summed E-state index contributed by atoms with van der Waals surface area (Å²) in [6.45, 7) is 3.88. The first kappa shape index (κ1) is 24.0. The third-order valence-electron chi connectivity index (χ3n) is 6.12. The summed E-state index contributed by atoms with van der Waals surface area (Å²) < 4.78 is 20.7. The number of fused-ring (bicyclic) bond motifs is 1. The average molecular weight is 494 g/mol. The molecule has 1 amide bonds. The van der Waals surface area contributed by atoms with E-state index >= 15 is 0 Å². The molecule has 0 radical (unpaired) electrons. The van der Waals surface area contributed by atoms with Crippen LogP contribution in [0.2, 0.25) is 5.15 Å². The van der Waals surface area contributed by atoms with E-state index < -0.39 is 11.9 Å². The first-order valence-electron chi connectivity index (χ1n) is 11.1. The van der Waals surface area contributed by atoms with Gasteiger partial charge in [-0.2, -0.15) is 9.97 Å². The second-order valence-corrected chi connectivity index (χ2v) is 8.52. The van der Waals surface area contributed by atoms with Crippen molar-refractivity contribution in [1.82, 2.24) is 24.8 Å². The van der Waals surface area contributed by atoms with Crippen molar-refractivity contribution in [3.05, 3.63) is 27.6 Å². The monoisotopic (exact) mass is 493 g/mol. The number of pyridine rings is 1. The second-order valence-electron chi connectivity index (χ2n) is 8.16. The minimum atomic E-state index is -0.976. The normalized spacial score (nSPS) is 18.8. The fourth-order valence-electron chi connectivity index (χ4n) is 4.35. The van der Waals surface area contributed by atoms with Crippen molar-refractivity contribution in [2.75, 3.05) is 57.3 Å². The van der Waals surface area contributed by atoms with Crippen LogP contribution in [0.4, 0.5) is 15.0 Å². The van der Waals surface area contributed by atoms with Gasteiger partial charge in [0.05, 0.1) is 5.39 Å². The molecule has 0 aromatic carbocycles. The number of amides is 1. The first-order chi connectivity index (χ1) is 16.5. The summed E-state index contributed by atoms with van der Waals surface area (Å²) in [5.41, 5.74) is 8.44. The van der Waals surface area contributed by atoms with Crippen LogP contribution in [0.3, 0.4) is 0 Å². The van der Waals surface area contributed by atoms with Crippen molar-refractivity contribution in [2.45, 2.75) is 25.3 Å². The number of nitrogens with zero attached hydrogens (tertiary/aromatic N) is 9. The summed E-state index contributed by atoms with van der Waals surface area (Å²) >= 11 is 5.89. The van der Waals surface area contributed by atoms with Crippen LogP contribution in [0.25, 0.3) is 21.3 Å². The lowest BCUT2D eigenvalue weighted by molar-refractivity contribution is 0.142. The van der Waals surface area contributed by atoms with Crippen molar-refractivity contribution in [3.8, 4) is 6.01 Å². The number of aromatic nitrogens is 3. The zero-order valence-electron chi connectivity index (χ0n) is 18.5. The van der Waals surface area contributed by atoms with Gasteiger partial charge in [0.25, 0.3) is 0 Å². The van der Waals surface area contributed by atoms with Gasteiger partial charge in [-0.25, -0.2) is 14.2 Å². The molecule has 0 saturated carbocycles. The molecular formula is C20H25ClFN9O3. The third-order valence-corrected chi connectivity index (χ3v) is 6.38. The third kappa shape index (κ3) is 5.32. The van der Waals surface area contributed by atoms with Gasteiger partial charge in [0.15, 0.2) is 11.0 Å². The molecule has 2 fully saturated rings. The maximum atomic E-state index is 14.8. The Kier molecular flexibility index (Phi) is 7.66. The van der Waals surface area contributed by atoms with Gasteiger partial charge >= 0.3 is 12.1 Å². The van der Waals surface area contributed by atoms with Crippen LogP contribution < -0.4 is 9.64 Å². The number of likely N-dealkylation sites (tertiary alicyclic amines) is 1. The Bertz CT molecular complexity index is 1090. The Hall–Kier alpha value is -3.15. The van der Waals surface area contributed by atoms with Gasteiger partial charge in [0, 0.05) is 49.9 Å². The highest BCUT2D eigenvalue weighted by Crippen LogP contribution is 2.30. The van der Waals surface area contributed by atoms with E-state index in [4.69, 9.17) is 21.9 Å². The summed E-state index contributed by atoms with van der Waals surface area (Å²) in [5.74, 6) is -0.317. The van der Waals surface area contributed by atoms with Crippen LogP contribution >= 0.6 is 11.6 Å². The van der Waals surface area contributed by atoms with Crippen LogP contribution in [0.5, 0.6) is 6.01 Å². The van der Waals surface area contributed by atoms with Crippen molar-refractivity contribution in [2.24, 2.45) is 5.11 Å². The number of hydrogen-bond donors (Lipinski definition) is 1. The number of rotatable bonds is 8. The van der Waals surface area contributed by atoms with Gasteiger partial charge in [-0.3, -0.25) is 4.90 Å². The lowest BCUT2D eigenvalue weighted by atomic mass is 10.2. The van der Waals surface area contributed by atoms with Crippen molar-refractivity contribution < 1.29 is 19.0 Å². The van der Waals surface area contributed by atoms with E-state index in [9.17, 15) is 14.3 Å². The predicted octanol–water partition coefficient (Wildman–Crippen LogP) is 3.16. The quantitative estimate of drug-likeness (QED) is 0.194. The molecule has 1 N–H and O–H groups in total. The number of carboxylic acid groups (broad SMARTS) is 1. The molecular weight excluding hydrogens is 469 g/mol. The molecule has 2 aromatic heterocycles. The summed E-state index contributed by atoms with van der Waals surface area (Å²) in [6.07, 6.45) is 3.19. The van der Waals surface area contributed by atoms with E-state index in [1.807, 2.05) is 4.90 Å². The number of piperazine rings is 1. The standard InChI is InChI=1S/C20H25ClFN9O3/c21-17-15(22)16-14(11-24-17)18(30-7-9-31(10-8-30)20(32)33)27-19(26-16)34-12-13-3-1-5-29(13)6-2-4-25-28-23/h11,13H,1-10,12H2,(H,32,33). The Labute approximate surface area is 199 Å². The topological polar surface area (TPSA) is 144 Å². The van der Waals surface area contributed by atoms with E-state index in [-0.39, 0.29) is 22.7 Å². The Morgan fingerprint density at radius 1 is 1.32 bits per heavy atom. The summed E-state index contributed by atoms with van der Waals surface area (Å²) in [4.78, 5) is 32.2. The maximum Gasteiger partial charge on any atom is 0.407 e. The fourth-order valence-corrected chi connectivity index (χ4v) is 4.49. The molecule has 2 aliphatic rings. The summed E-state index contributed by atoms with van der Waals surface area (Å²) in [6, 6.07) is 0.184. The van der Waals surface area contributed by atoms with E-state index in [1.165, 1.54) is 11.1 Å². The lowest BCUT2D eigenvalue weighted by Crippen LogP contribution is -2.48. The molecule has 1 atom stereocenters. The summed E-state index contributed by atoms with van der Waals surface area (Å²) in [7, 11) is 0. The molecule has 0 spiro atoms. The van der Waals surface area contributed by atoms with Gasteiger partial charge in [0.1, 0.15) is 17.9 Å². The van der Waals surface area contributed by atoms with Crippen molar-refractivity contribution >= 4 is 34.4 Å². The second kappa shape index (κ2) is 10.9. The lowest BCUT2D eigenvalue weighted by Gasteiger charge is -2.34. The molecule has 1 unspecified atom stereocenters.